The third kappa shape index (κ3) is 18.4. The number of aromatic nitrogens is 2. The Hall–Kier alpha value is -6.92. The smallest absolute Gasteiger partial charge is 0.437 e. The SMILES string of the molecule is CC(C)(C)OC(=O)/N=C(\NC(=O)OC(C)(C)C)N1CCN(C(=O)CN2CCCN(CC#N)Cc3cccc(n3)CN(Cc3cccc(F)c3)Cc3cccc(n3)CN(Cc3cccc([N+](=O)[O-])c3)CC2)CC1. The molecule has 1 fully saturated rings. The molecule has 20 heteroatoms. The maximum atomic E-state index is 14.4. The molecule has 384 valence electrons. The molecule has 0 atom stereocenters. The van der Waals surface area contributed by atoms with Gasteiger partial charge in [0.1, 0.15) is 17.0 Å². The molecule has 2 aromatic carbocycles. The van der Waals surface area contributed by atoms with Crippen molar-refractivity contribution in [2.45, 2.75) is 98.4 Å². The third-order valence-electron chi connectivity index (χ3n) is 11.6. The van der Waals surface area contributed by atoms with Gasteiger partial charge in [-0.05, 0) is 102 Å². The molecule has 2 aliphatic rings. The van der Waals surface area contributed by atoms with Crippen LogP contribution < -0.4 is 5.32 Å². The van der Waals surface area contributed by atoms with E-state index in [4.69, 9.17) is 19.4 Å². The van der Waals surface area contributed by atoms with E-state index in [2.05, 4.69) is 31.1 Å². The van der Waals surface area contributed by atoms with Gasteiger partial charge in [-0.1, -0.05) is 36.4 Å². The van der Waals surface area contributed by atoms with Gasteiger partial charge in [-0.15, -0.1) is 4.99 Å². The molecule has 4 bridgehead atoms. The van der Waals surface area contributed by atoms with E-state index in [1.807, 2.05) is 53.4 Å². The maximum Gasteiger partial charge on any atom is 0.437 e. The number of hydrogen-bond acceptors (Lipinski definition) is 14. The number of aliphatic imine (C=N–C) groups is 1. The maximum absolute atomic E-state index is 14.4. The monoisotopic (exact) mass is 991 g/mol. The molecular weight excluding hydrogens is 924 g/mol. The minimum atomic E-state index is -0.883. The minimum Gasteiger partial charge on any atom is -0.444 e. The number of nitrogens with one attached hydrogen (secondary N) is 1. The van der Waals surface area contributed by atoms with Gasteiger partial charge in [-0.2, -0.15) is 5.26 Å². The van der Waals surface area contributed by atoms with Crippen LogP contribution in [-0.4, -0.2) is 145 Å². The Kier molecular flexibility index (Phi) is 19.2. The molecule has 6 rings (SSSR count). The van der Waals surface area contributed by atoms with Gasteiger partial charge in [0.2, 0.25) is 11.9 Å². The molecule has 0 saturated carbocycles. The predicted octanol–water partition coefficient (Wildman–Crippen LogP) is 6.72. The van der Waals surface area contributed by atoms with Gasteiger partial charge < -0.3 is 19.3 Å². The van der Waals surface area contributed by atoms with E-state index in [0.29, 0.717) is 71.9 Å². The van der Waals surface area contributed by atoms with Crippen LogP contribution in [-0.2, 0) is 53.5 Å². The number of nitrogens with zero attached hydrogens (tertiary/aromatic N) is 11. The lowest BCUT2D eigenvalue weighted by Crippen LogP contribution is -2.56. The number of benzene rings is 2. The van der Waals surface area contributed by atoms with Crippen molar-refractivity contribution in [3.8, 4) is 6.07 Å². The number of carbonyl (C=O) groups is 3. The molecule has 0 spiro atoms. The van der Waals surface area contributed by atoms with Crippen molar-refractivity contribution in [1.29, 1.82) is 5.26 Å². The number of pyridine rings is 2. The fourth-order valence-electron chi connectivity index (χ4n) is 8.42. The van der Waals surface area contributed by atoms with Crippen molar-refractivity contribution < 1.29 is 33.2 Å². The van der Waals surface area contributed by atoms with E-state index < -0.39 is 28.3 Å². The zero-order valence-electron chi connectivity index (χ0n) is 42.3. The van der Waals surface area contributed by atoms with Crippen molar-refractivity contribution in [1.82, 2.24) is 44.7 Å². The second kappa shape index (κ2) is 25.5. The molecule has 4 aromatic rings. The lowest BCUT2D eigenvalue weighted by Gasteiger charge is -2.37. The first-order chi connectivity index (χ1) is 34.2. The number of rotatable bonds is 8. The van der Waals surface area contributed by atoms with E-state index in [-0.39, 0.29) is 62.6 Å². The lowest BCUT2D eigenvalue weighted by atomic mass is 10.1. The number of carbonyl (C=O) groups excluding carboxylic acids is 3. The van der Waals surface area contributed by atoms with E-state index in [1.165, 1.54) is 18.2 Å². The van der Waals surface area contributed by atoms with Crippen LogP contribution in [0, 0.1) is 27.3 Å². The molecule has 72 heavy (non-hydrogen) atoms. The summed E-state index contributed by atoms with van der Waals surface area (Å²) in [4.78, 5) is 77.5. The van der Waals surface area contributed by atoms with E-state index >= 15 is 0 Å². The molecule has 2 aromatic heterocycles. The van der Waals surface area contributed by atoms with E-state index in [1.54, 1.807) is 69.5 Å². The first-order valence-corrected chi connectivity index (χ1v) is 24.2. The second-order valence-corrected chi connectivity index (χ2v) is 20.1. The summed E-state index contributed by atoms with van der Waals surface area (Å²) in [5.74, 6) is -0.472. The number of alkyl carbamates (subject to hydrolysis) is 1. The van der Waals surface area contributed by atoms with Crippen molar-refractivity contribution in [3.63, 3.8) is 0 Å². The molecule has 1 saturated heterocycles. The Labute approximate surface area is 421 Å². The van der Waals surface area contributed by atoms with Gasteiger partial charge in [0.15, 0.2) is 0 Å². The van der Waals surface area contributed by atoms with Crippen molar-refractivity contribution in [3.05, 3.63) is 135 Å². The van der Waals surface area contributed by atoms with Crippen LogP contribution in [0.15, 0.2) is 89.9 Å². The first-order valence-electron chi connectivity index (χ1n) is 24.2. The van der Waals surface area contributed by atoms with E-state index in [9.17, 15) is 34.2 Å². The van der Waals surface area contributed by atoms with Gasteiger partial charge in [0.25, 0.3) is 5.69 Å². The molecule has 1 N–H and O–H groups in total. The van der Waals surface area contributed by atoms with Crippen LogP contribution in [0.2, 0.25) is 0 Å². The Morgan fingerprint density at radius 1 is 0.694 bits per heavy atom. The highest BCUT2D eigenvalue weighted by Crippen LogP contribution is 2.20. The van der Waals surface area contributed by atoms with Crippen LogP contribution in [0.5, 0.6) is 0 Å². The lowest BCUT2D eigenvalue weighted by molar-refractivity contribution is -0.384. The van der Waals surface area contributed by atoms with E-state index in [0.717, 1.165) is 33.9 Å². The summed E-state index contributed by atoms with van der Waals surface area (Å²) in [7, 11) is 0. The van der Waals surface area contributed by atoms with Crippen LogP contribution in [0.4, 0.5) is 19.7 Å². The number of nitro benzene ring substituents is 1. The number of non-ortho nitro benzene ring substituents is 1. The first kappa shape index (κ1) is 54.4. The summed E-state index contributed by atoms with van der Waals surface area (Å²) in [6.07, 6.45) is -1.05. The Balaban J connectivity index is 1.25. The number of nitro groups is 1. The zero-order chi connectivity index (χ0) is 51.8. The quantitative estimate of drug-likeness (QED) is 0.0640. The van der Waals surface area contributed by atoms with Gasteiger partial charge in [0.05, 0.1) is 46.9 Å². The average Bonchev–Trinajstić information content (AvgIpc) is 3.29. The number of piperazine rings is 1. The molecule has 0 aliphatic carbocycles. The van der Waals surface area contributed by atoms with Crippen molar-refractivity contribution in [2.75, 3.05) is 65.4 Å². The largest absolute Gasteiger partial charge is 0.444 e. The summed E-state index contributed by atoms with van der Waals surface area (Å²) in [5.41, 5.74) is 3.10. The molecule has 0 unspecified atom stereocenters. The summed E-state index contributed by atoms with van der Waals surface area (Å²) in [6, 6.07) is 27.1. The molecule has 0 radical (unpaired) electrons. The molecule has 2 aliphatic heterocycles. The van der Waals surface area contributed by atoms with Crippen molar-refractivity contribution >= 4 is 29.7 Å². The normalized spacial score (nSPS) is 16.7. The number of amides is 3. The Morgan fingerprint density at radius 3 is 1.79 bits per heavy atom. The minimum absolute atomic E-state index is 0.0128. The molecule has 4 heterocycles. The fourth-order valence-corrected chi connectivity index (χ4v) is 8.42. The van der Waals surface area contributed by atoms with Crippen molar-refractivity contribution in [2.24, 2.45) is 4.99 Å². The van der Waals surface area contributed by atoms with Gasteiger partial charge in [0, 0.05) is 97.2 Å². The molecular formula is C52H67FN12O7. The number of ether oxygens (including phenoxy) is 2. The highest BCUT2D eigenvalue weighted by molar-refractivity contribution is 5.99. The number of guanidine groups is 1. The van der Waals surface area contributed by atoms with Crippen LogP contribution in [0.3, 0.4) is 0 Å². The molecule has 3 amide bonds. The Bertz CT molecular complexity index is 2570. The number of halogens is 1. The molecule has 19 nitrogen and oxygen atoms in total. The zero-order valence-corrected chi connectivity index (χ0v) is 42.3. The van der Waals surface area contributed by atoms with Crippen LogP contribution in [0.25, 0.3) is 0 Å². The summed E-state index contributed by atoms with van der Waals surface area (Å²) < 4.78 is 25.3. The standard InChI is InChI=1S/C52H67FN12O7/c1-51(2,3)71-49(67)57-48(58-50(68)72-52(4,5)6)64-28-26-63(27-29-64)47(66)38-60-22-11-21-59(23-20-54)34-42-15-9-17-44(55-42)36-62(33-39-12-7-14-41(53)30-39)37-45-18-10-16-43(56-45)35-61(25-24-60)32-40-13-8-19-46(31-40)65(69)70/h7-10,12-19,30-31H,11,21-29,32-38H2,1-6H3,(H,57,58,67,68). The Morgan fingerprint density at radius 2 is 1.21 bits per heavy atom. The second-order valence-electron chi connectivity index (χ2n) is 20.1. The van der Waals surface area contributed by atoms with Crippen LogP contribution >= 0.6 is 0 Å². The summed E-state index contributed by atoms with van der Waals surface area (Å²) in [5, 5.41) is 24.3. The van der Waals surface area contributed by atoms with Gasteiger partial charge in [-0.3, -0.25) is 49.8 Å². The third-order valence-corrected chi connectivity index (χ3v) is 11.6. The van der Waals surface area contributed by atoms with Gasteiger partial charge in [-0.25, -0.2) is 14.0 Å². The number of hydrogen-bond donors (Lipinski definition) is 1. The van der Waals surface area contributed by atoms with Crippen LogP contribution in [0.1, 0.15) is 81.9 Å². The predicted molar refractivity (Wildman–Crippen MR) is 268 cm³/mol. The average molecular weight is 991 g/mol. The number of fused-ring (bicyclic) bond motifs is 4. The van der Waals surface area contributed by atoms with Gasteiger partial charge >= 0.3 is 12.2 Å². The topological polar surface area (TPSA) is 206 Å². The fraction of sp³-hybridized carbons (Fsp3) is 0.481. The summed E-state index contributed by atoms with van der Waals surface area (Å²) in [6.45, 7) is 16.1. The number of nitriles is 1. The highest BCUT2D eigenvalue weighted by Gasteiger charge is 2.29. The highest BCUT2D eigenvalue weighted by atomic mass is 19.1. The summed E-state index contributed by atoms with van der Waals surface area (Å²) >= 11 is 0.